The van der Waals surface area contributed by atoms with Crippen molar-refractivity contribution >= 4 is 33.3 Å². The van der Waals surface area contributed by atoms with Crippen LogP contribution in [0.25, 0.3) is 38.6 Å². The van der Waals surface area contributed by atoms with E-state index in [0.717, 1.165) is 46.3 Å². The van der Waals surface area contributed by atoms with Crippen molar-refractivity contribution in [2.24, 2.45) is 0 Å². The number of benzene rings is 4. The van der Waals surface area contributed by atoms with Gasteiger partial charge in [0.25, 0.3) is 0 Å². The summed E-state index contributed by atoms with van der Waals surface area (Å²) >= 11 is 0. The molecule has 0 atom stereocenters. The molecule has 3 aromatic heterocycles. The van der Waals surface area contributed by atoms with E-state index >= 15 is 0 Å². The Hall–Kier alpha value is -5.23. The van der Waals surface area contributed by atoms with Gasteiger partial charge in [-0.25, -0.2) is 14.2 Å². The Labute approximate surface area is 242 Å². The van der Waals surface area contributed by atoms with Crippen LogP contribution in [0.5, 0.6) is 0 Å². The number of hydrogen-bond acceptors (Lipinski definition) is 2. The minimum absolute atomic E-state index is 0.232. The topological polar surface area (TPSA) is 59.5 Å². The van der Waals surface area contributed by atoms with Crippen LogP contribution in [0.4, 0.5) is 4.39 Å². The molecular weight excluding hydrogens is 525 g/mol. The minimum Gasteiger partial charge on any atom is -0.478 e. The molecule has 0 saturated carbocycles. The van der Waals surface area contributed by atoms with Gasteiger partial charge in [0.05, 0.1) is 17.0 Å². The fraction of sp³-hybridized carbons (Fsp3) is 0.111. The third-order valence-corrected chi connectivity index (χ3v) is 8.13. The maximum absolute atomic E-state index is 13.5. The van der Waals surface area contributed by atoms with Crippen LogP contribution in [0.3, 0.4) is 0 Å². The van der Waals surface area contributed by atoms with Crippen molar-refractivity contribution in [3.63, 3.8) is 0 Å². The van der Waals surface area contributed by atoms with Gasteiger partial charge in [-0.2, -0.15) is 0 Å². The molecule has 7 rings (SSSR count). The lowest BCUT2D eigenvalue weighted by Gasteiger charge is -2.11. The van der Waals surface area contributed by atoms with Crippen molar-refractivity contribution in [3.8, 4) is 11.3 Å². The minimum atomic E-state index is -0.974. The van der Waals surface area contributed by atoms with Crippen LogP contribution >= 0.6 is 0 Å². The lowest BCUT2D eigenvalue weighted by Crippen LogP contribution is -2.03. The number of nitrogens with zero attached hydrogens (tertiary/aromatic N) is 3. The summed E-state index contributed by atoms with van der Waals surface area (Å²) in [5.41, 5.74) is 7.78. The van der Waals surface area contributed by atoms with E-state index in [1.54, 1.807) is 0 Å². The number of pyridine rings is 1. The van der Waals surface area contributed by atoms with Crippen molar-refractivity contribution in [1.29, 1.82) is 0 Å². The van der Waals surface area contributed by atoms with E-state index in [1.807, 2.05) is 72.9 Å². The van der Waals surface area contributed by atoms with Crippen molar-refractivity contribution < 1.29 is 14.3 Å². The summed E-state index contributed by atoms with van der Waals surface area (Å²) in [7, 11) is 0. The van der Waals surface area contributed by atoms with Gasteiger partial charge in [0.1, 0.15) is 11.5 Å². The zero-order valence-corrected chi connectivity index (χ0v) is 23.1. The number of hydrogen-bond donors (Lipinski definition) is 1. The van der Waals surface area contributed by atoms with Crippen LogP contribution in [0.2, 0.25) is 0 Å². The highest BCUT2D eigenvalue weighted by atomic mass is 19.1. The van der Waals surface area contributed by atoms with E-state index in [4.69, 9.17) is 4.98 Å². The van der Waals surface area contributed by atoms with Gasteiger partial charge in [-0.15, -0.1) is 0 Å². The average Bonchev–Trinajstić information content (AvgIpc) is 3.55. The van der Waals surface area contributed by atoms with Crippen molar-refractivity contribution in [1.82, 2.24) is 14.0 Å². The van der Waals surface area contributed by atoms with Gasteiger partial charge in [-0.05, 0) is 71.1 Å². The second kappa shape index (κ2) is 10.3. The number of carboxylic acid groups (broad SMARTS) is 1. The third-order valence-electron chi connectivity index (χ3n) is 8.13. The molecule has 206 valence electrons. The number of carboxylic acids is 1. The van der Waals surface area contributed by atoms with Crippen LogP contribution < -0.4 is 0 Å². The fourth-order valence-electron chi connectivity index (χ4n) is 6.16. The first-order valence-corrected chi connectivity index (χ1v) is 14.0. The second-order valence-corrected chi connectivity index (χ2v) is 10.7. The number of aromatic carboxylic acids is 1. The number of imidazole rings is 1. The van der Waals surface area contributed by atoms with E-state index in [0.29, 0.717) is 23.1 Å². The van der Waals surface area contributed by atoms with Crippen LogP contribution in [-0.2, 0) is 19.4 Å². The normalized spacial score (nSPS) is 11.6. The molecule has 1 N–H and O–H groups in total. The zero-order chi connectivity index (χ0) is 28.8. The molecule has 0 radical (unpaired) electrons. The Morgan fingerprint density at radius 2 is 1.71 bits per heavy atom. The van der Waals surface area contributed by atoms with Crippen molar-refractivity contribution in [2.75, 3.05) is 0 Å². The first-order valence-electron chi connectivity index (χ1n) is 14.0. The Balaban J connectivity index is 1.38. The Bertz CT molecular complexity index is 2120. The van der Waals surface area contributed by atoms with Crippen LogP contribution in [0.1, 0.15) is 32.7 Å². The highest BCUT2D eigenvalue weighted by Crippen LogP contribution is 2.35. The summed E-state index contributed by atoms with van der Waals surface area (Å²) < 4.78 is 17.8. The Morgan fingerprint density at radius 3 is 2.55 bits per heavy atom. The number of aromatic nitrogens is 3. The van der Waals surface area contributed by atoms with Gasteiger partial charge in [0.2, 0.25) is 0 Å². The Kier molecular flexibility index (Phi) is 6.31. The van der Waals surface area contributed by atoms with Gasteiger partial charge in [-0.1, -0.05) is 66.7 Å². The summed E-state index contributed by atoms with van der Waals surface area (Å²) in [6, 6.07) is 30.3. The molecular formula is C36H28FN3O2. The molecule has 0 aliphatic heterocycles. The predicted molar refractivity (Wildman–Crippen MR) is 165 cm³/mol. The molecule has 0 aliphatic carbocycles. The first-order chi connectivity index (χ1) is 20.5. The van der Waals surface area contributed by atoms with E-state index in [1.165, 1.54) is 23.1 Å². The lowest BCUT2D eigenvalue weighted by molar-refractivity contribution is 0.0700. The van der Waals surface area contributed by atoms with Gasteiger partial charge >= 0.3 is 5.97 Å². The van der Waals surface area contributed by atoms with Gasteiger partial charge in [-0.3, -0.25) is 0 Å². The molecule has 3 heterocycles. The van der Waals surface area contributed by atoms with Crippen molar-refractivity contribution in [3.05, 3.63) is 143 Å². The molecule has 0 amide bonds. The third kappa shape index (κ3) is 4.41. The molecule has 4 aromatic carbocycles. The molecule has 5 nitrogen and oxygen atoms in total. The molecule has 0 fully saturated rings. The fourth-order valence-corrected chi connectivity index (χ4v) is 6.16. The number of carbonyl (C=O) groups is 1. The molecule has 0 aliphatic rings. The molecule has 0 spiro atoms. The number of rotatable bonds is 7. The maximum atomic E-state index is 13.5. The molecule has 6 heteroatoms. The van der Waals surface area contributed by atoms with E-state index in [-0.39, 0.29) is 11.4 Å². The summed E-state index contributed by atoms with van der Waals surface area (Å²) in [6.07, 6.45) is 5.53. The molecule has 0 bridgehead atoms. The van der Waals surface area contributed by atoms with E-state index < -0.39 is 5.97 Å². The summed E-state index contributed by atoms with van der Waals surface area (Å²) in [6.45, 7) is 2.87. The molecule has 7 aromatic rings. The van der Waals surface area contributed by atoms with Gasteiger partial charge in [0, 0.05) is 41.8 Å². The largest absolute Gasteiger partial charge is 0.478 e. The Morgan fingerprint density at radius 1 is 0.905 bits per heavy atom. The smallest absolute Gasteiger partial charge is 0.337 e. The summed E-state index contributed by atoms with van der Waals surface area (Å²) in [5.74, 6) is -1.21. The van der Waals surface area contributed by atoms with Crippen LogP contribution in [0.15, 0.2) is 109 Å². The lowest BCUT2D eigenvalue weighted by atomic mass is 9.94. The van der Waals surface area contributed by atoms with Gasteiger partial charge in [0.15, 0.2) is 0 Å². The average molecular weight is 554 g/mol. The maximum Gasteiger partial charge on any atom is 0.337 e. The molecule has 0 unspecified atom stereocenters. The number of halogens is 1. The number of fused-ring (bicyclic) bond motifs is 3. The first kappa shape index (κ1) is 25.7. The molecule has 42 heavy (non-hydrogen) atoms. The predicted octanol–water partition coefficient (Wildman–Crippen LogP) is 8.09. The SMILES string of the molecule is Cc1cccc2c1c(Cc1c(-c3ccc4ccccc4c3C(=O)O)nc3ccccn13)cn2CCc1ccc(F)cc1. The standard InChI is InChI=1S/C36H28FN3O2/c1-23-7-6-10-30-33(23)26(22-39(30)20-18-24-12-15-27(37)16-13-24)21-31-35(38-32-11-4-5-19-40(31)32)29-17-14-25-8-2-3-9-28(25)34(29)36(41)42/h2-17,19,22H,18,20-21H2,1H3,(H,41,42). The summed E-state index contributed by atoms with van der Waals surface area (Å²) in [4.78, 5) is 17.6. The van der Waals surface area contributed by atoms with Crippen LogP contribution in [0, 0.1) is 12.7 Å². The highest BCUT2D eigenvalue weighted by molar-refractivity contribution is 6.09. The van der Waals surface area contributed by atoms with Crippen LogP contribution in [-0.4, -0.2) is 25.0 Å². The van der Waals surface area contributed by atoms with Gasteiger partial charge < -0.3 is 14.1 Å². The molecule has 0 saturated heterocycles. The van der Waals surface area contributed by atoms with Crippen molar-refractivity contribution in [2.45, 2.75) is 26.3 Å². The quantitative estimate of drug-likeness (QED) is 0.217. The van der Waals surface area contributed by atoms with E-state index in [2.05, 4.69) is 40.3 Å². The second-order valence-electron chi connectivity index (χ2n) is 10.7. The summed E-state index contributed by atoms with van der Waals surface area (Å²) in [5, 5.41) is 13.1. The number of aryl methyl sites for hydroxylation is 3. The zero-order valence-electron chi connectivity index (χ0n) is 23.1. The van der Waals surface area contributed by atoms with E-state index in [9.17, 15) is 14.3 Å². The highest BCUT2D eigenvalue weighted by Gasteiger charge is 2.23. The monoisotopic (exact) mass is 553 g/mol.